The van der Waals surface area contributed by atoms with Crippen molar-refractivity contribution in [1.82, 2.24) is 25.3 Å². The van der Waals surface area contributed by atoms with Crippen molar-refractivity contribution in [3.63, 3.8) is 0 Å². The smallest absolute Gasteiger partial charge is 0.354 e. The maximum Gasteiger partial charge on any atom is 0.354 e. The molecule has 7 rings (SSSR count). The van der Waals surface area contributed by atoms with Crippen molar-refractivity contribution in [2.75, 3.05) is 39.8 Å². The highest BCUT2D eigenvalue weighted by Gasteiger charge is 2.25. The van der Waals surface area contributed by atoms with Gasteiger partial charge in [-0.2, -0.15) is 0 Å². The fraction of sp³-hybridized carbons (Fsp3) is 0.278. The number of carboxylic acids is 1. The van der Waals surface area contributed by atoms with Crippen LogP contribution in [0.4, 0.5) is 5.69 Å². The Morgan fingerprint density at radius 1 is 0.745 bits per heavy atom. The van der Waals surface area contributed by atoms with Crippen LogP contribution in [0.5, 0.6) is 11.5 Å². The van der Waals surface area contributed by atoms with Gasteiger partial charge in [0, 0.05) is 32.1 Å². The van der Waals surface area contributed by atoms with E-state index in [1.807, 2.05) is 43.3 Å². The highest BCUT2D eigenvalue weighted by Crippen LogP contribution is 2.37. The Balaban J connectivity index is 1.16. The van der Waals surface area contributed by atoms with Crippen LogP contribution in [0.1, 0.15) is 48.8 Å². The van der Waals surface area contributed by atoms with Crippen LogP contribution in [0.15, 0.2) is 48.5 Å². The molecule has 47 heavy (non-hydrogen) atoms. The minimum absolute atomic E-state index is 0.0121. The zero-order valence-electron chi connectivity index (χ0n) is 26.7. The molecule has 1 aromatic carbocycles. The molecule has 0 atom stereocenters. The van der Waals surface area contributed by atoms with Crippen LogP contribution in [0.3, 0.4) is 0 Å². The summed E-state index contributed by atoms with van der Waals surface area (Å²) < 4.78 is 11.2. The summed E-state index contributed by atoms with van der Waals surface area (Å²) in [5.74, 6) is 0.101. The van der Waals surface area contributed by atoms with E-state index in [0.29, 0.717) is 47.1 Å². The Morgan fingerprint density at radius 3 is 1.87 bits per heavy atom. The van der Waals surface area contributed by atoms with Gasteiger partial charge in [0.2, 0.25) is 0 Å². The Hall–Kier alpha value is -5.58. The fourth-order valence-corrected chi connectivity index (χ4v) is 6.45. The predicted octanol–water partition coefficient (Wildman–Crippen LogP) is 4.70. The van der Waals surface area contributed by atoms with Gasteiger partial charge in [0.05, 0.1) is 42.7 Å². The molecule has 2 aliphatic carbocycles. The van der Waals surface area contributed by atoms with Crippen LogP contribution >= 0.6 is 0 Å². The van der Waals surface area contributed by atoms with E-state index in [4.69, 9.17) is 24.4 Å². The van der Waals surface area contributed by atoms with Crippen molar-refractivity contribution in [2.45, 2.75) is 32.1 Å². The number of carbonyl (C=O) groups is 2. The van der Waals surface area contributed by atoms with Crippen molar-refractivity contribution >= 4 is 28.6 Å². The predicted molar refractivity (Wildman–Crippen MR) is 178 cm³/mol. The highest BCUT2D eigenvalue weighted by atomic mass is 16.5. The number of aromatic carboxylic acids is 1. The molecule has 0 bridgehead atoms. The van der Waals surface area contributed by atoms with Gasteiger partial charge in [0.1, 0.15) is 22.9 Å². The number of pyridine rings is 4. The number of aryl methyl sites for hydroxylation is 4. The molecule has 0 radical (unpaired) electrons. The summed E-state index contributed by atoms with van der Waals surface area (Å²) in [4.78, 5) is 46.0. The molecule has 0 unspecified atom stereocenters. The fourth-order valence-electron chi connectivity index (χ4n) is 6.45. The third-order valence-electron chi connectivity index (χ3n) is 8.89. The molecule has 0 fully saturated rings. The number of carbonyl (C=O) groups excluding carboxylic acids is 1. The van der Waals surface area contributed by atoms with Crippen molar-refractivity contribution < 1.29 is 24.2 Å². The second-order valence-electron chi connectivity index (χ2n) is 12.0. The Morgan fingerprint density at radius 2 is 1.30 bits per heavy atom. The van der Waals surface area contributed by atoms with E-state index in [-0.39, 0.29) is 11.6 Å². The first-order valence-electron chi connectivity index (χ1n) is 15.5. The number of methoxy groups -OCH3 is 2. The molecule has 2 N–H and O–H groups in total. The number of hydrogen-bond acceptors (Lipinski definition) is 9. The number of benzene rings is 1. The minimum atomic E-state index is -1.07. The van der Waals surface area contributed by atoms with Gasteiger partial charge in [-0.25, -0.2) is 24.7 Å². The number of aromatic nitrogens is 4. The maximum atomic E-state index is 13.3. The number of nitrogens with zero attached hydrogens (tertiary/aromatic N) is 5. The van der Waals surface area contributed by atoms with Gasteiger partial charge in [-0.3, -0.25) is 4.79 Å². The maximum absolute atomic E-state index is 13.3. The number of nitrogens with one attached hydrogen (secondary N) is 1. The minimum Gasteiger partial charge on any atom is -0.496 e. The van der Waals surface area contributed by atoms with Gasteiger partial charge >= 0.3 is 5.97 Å². The van der Waals surface area contributed by atoms with Crippen molar-refractivity contribution in [2.24, 2.45) is 0 Å². The topological polar surface area (TPSA) is 140 Å². The lowest BCUT2D eigenvalue weighted by molar-refractivity contribution is 0.0690. The first-order chi connectivity index (χ1) is 22.7. The standard InChI is InChI=1S/C36H34N6O5/c1-42(2)27-18-28(46-3)21(17-29(27)47-4)13-14-37-35(43)25-11-9-19-5-7-22-15-24-16-23-8-6-20-10-12-26(36(44)45)39-31(20)33(23)41-34(24)40-32(22)30(19)38-25/h9-12,15-18H,5-8,13-14H2,1-4H3,(H,37,43)(H,44,45). The summed E-state index contributed by atoms with van der Waals surface area (Å²) in [5.41, 5.74) is 9.38. The van der Waals surface area contributed by atoms with Crippen LogP contribution in [-0.2, 0) is 32.1 Å². The van der Waals surface area contributed by atoms with E-state index in [2.05, 4.69) is 22.4 Å². The van der Waals surface area contributed by atoms with E-state index in [0.717, 1.165) is 76.1 Å². The third kappa shape index (κ3) is 5.47. The lowest BCUT2D eigenvalue weighted by atomic mass is 9.89. The quantitative estimate of drug-likeness (QED) is 0.248. The molecule has 0 aliphatic heterocycles. The van der Waals surface area contributed by atoms with Crippen molar-refractivity contribution in [3.8, 4) is 34.3 Å². The zero-order chi connectivity index (χ0) is 32.8. The Bertz CT molecular complexity index is 2090. The number of fused-ring (bicyclic) bond motifs is 7. The summed E-state index contributed by atoms with van der Waals surface area (Å²) >= 11 is 0. The van der Waals surface area contributed by atoms with Gasteiger partial charge in [-0.15, -0.1) is 0 Å². The molecule has 2 aliphatic rings. The van der Waals surface area contributed by atoms with Gasteiger partial charge in [0.15, 0.2) is 5.65 Å². The molecule has 5 aromatic rings. The van der Waals surface area contributed by atoms with E-state index in [9.17, 15) is 14.7 Å². The van der Waals surface area contributed by atoms with E-state index < -0.39 is 5.97 Å². The van der Waals surface area contributed by atoms with E-state index in [1.54, 1.807) is 20.3 Å². The third-order valence-corrected chi connectivity index (χ3v) is 8.89. The van der Waals surface area contributed by atoms with Gasteiger partial charge in [-0.05, 0) is 90.3 Å². The number of rotatable bonds is 8. The molecule has 0 saturated carbocycles. The van der Waals surface area contributed by atoms with Gasteiger partial charge in [-0.1, -0.05) is 12.1 Å². The summed E-state index contributed by atoms with van der Waals surface area (Å²) in [6.45, 7) is 0.381. The lowest BCUT2D eigenvalue weighted by Crippen LogP contribution is -2.27. The number of anilines is 1. The van der Waals surface area contributed by atoms with Crippen LogP contribution in [-0.4, -0.2) is 71.8 Å². The molecular formula is C36H34N6O5. The molecule has 0 spiro atoms. The van der Waals surface area contributed by atoms with Crippen LogP contribution < -0.4 is 19.7 Å². The molecule has 4 aromatic heterocycles. The van der Waals surface area contributed by atoms with E-state index in [1.165, 1.54) is 6.07 Å². The largest absolute Gasteiger partial charge is 0.496 e. The lowest BCUT2D eigenvalue weighted by Gasteiger charge is -2.21. The van der Waals surface area contributed by atoms with Gasteiger partial charge in [0.25, 0.3) is 5.91 Å². The summed E-state index contributed by atoms with van der Waals surface area (Å²) in [6, 6.07) is 15.1. The summed E-state index contributed by atoms with van der Waals surface area (Å²) in [7, 11) is 7.15. The molecule has 0 saturated heterocycles. The van der Waals surface area contributed by atoms with Crippen molar-refractivity contribution in [1.29, 1.82) is 0 Å². The molecule has 11 heteroatoms. The second-order valence-corrected chi connectivity index (χ2v) is 12.0. The molecule has 1 amide bonds. The summed E-state index contributed by atoms with van der Waals surface area (Å²) in [5, 5.41) is 13.4. The van der Waals surface area contributed by atoms with Crippen LogP contribution in [0.2, 0.25) is 0 Å². The van der Waals surface area contributed by atoms with Crippen LogP contribution in [0, 0.1) is 0 Å². The average molecular weight is 631 g/mol. The molecule has 11 nitrogen and oxygen atoms in total. The average Bonchev–Trinajstić information content (AvgIpc) is 3.08. The number of amides is 1. The normalized spacial score (nSPS) is 12.8. The number of ether oxygens (including phenoxy) is 2. The Labute approximate surface area is 271 Å². The number of carboxylic acid groups (broad SMARTS) is 1. The SMILES string of the molecule is COc1cc(N(C)C)c(OC)cc1CCNC(=O)c1ccc2c(n1)-c1nc3nc4c(cc3cc1CC2)CCc1ccc(C(=O)O)nc1-4. The zero-order valence-corrected chi connectivity index (χ0v) is 26.7. The Kier molecular flexibility index (Phi) is 7.67. The number of hydrogen-bond donors (Lipinski definition) is 2. The molecular weight excluding hydrogens is 596 g/mol. The highest BCUT2D eigenvalue weighted by molar-refractivity contribution is 5.93. The summed E-state index contributed by atoms with van der Waals surface area (Å²) in [6.07, 6.45) is 3.71. The second kappa shape index (κ2) is 12.0. The monoisotopic (exact) mass is 630 g/mol. The van der Waals surface area contributed by atoms with Gasteiger partial charge < -0.3 is 24.8 Å². The first kappa shape index (κ1) is 30.1. The van der Waals surface area contributed by atoms with Crippen LogP contribution in [0.25, 0.3) is 33.8 Å². The van der Waals surface area contributed by atoms with Crippen molar-refractivity contribution in [3.05, 3.63) is 87.7 Å². The molecule has 238 valence electrons. The first-order valence-corrected chi connectivity index (χ1v) is 15.5. The molecule has 4 heterocycles. The van der Waals surface area contributed by atoms with E-state index >= 15 is 0 Å².